The van der Waals surface area contributed by atoms with Gasteiger partial charge in [0.1, 0.15) is 4.88 Å². The third kappa shape index (κ3) is 9.68. The number of halogens is 3. The lowest BCUT2D eigenvalue weighted by molar-refractivity contribution is -0.137. The summed E-state index contributed by atoms with van der Waals surface area (Å²) in [7, 11) is 0. The van der Waals surface area contributed by atoms with Crippen molar-refractivity contribution < 1.29 is 42.6 Å². The number of amides is 4. The van der Waals surface area contributed by atoms with Crippen molar-refractivity contribution in [1.29, 1.82) is 0 Å². The molecule has 0 aliphatic rings. The van der Waals surface area contributed by atoms with E-state index in [0.29, 0.717) is 29.8 Å². The number of aryl methyl sites for hydroxylation is 2. The van der Waals surface area contributed by atoms with Gasteiger partial charge in [-0.05, 0) is 48.2 Å². The largest absolute Gasteiger partial charge is 0.465 e. The topological polar surface area (TPSA) is 182 Å². The monoisotopic (exact) mass is 594 g/mol. The van der Waals surface area contributed by atoms with E-state index in [1.165, 1.54) is 19.1 Å². The first kappa shape index (κ1) is 30.7. The van der Waals surface area contributed by atoms with E-state index in [4.69, 9.17) is 10.2 Å². The van der Waals surface area contributed by atoms with Crippen LogP contribution in [-0.4, -0.2) is 45.5 Å². The van der Waals surface area contributed by atoms with Crippen LogP contribution in [0.1, 0.15) is 39.0 Å². The minimum Gasteiger partial charge on any atom is -0.465 e. The Morgan fingerprint density at radius 1 is 0.902 bits per heavy atom. The molecule has 3 rings (SSSR count). The molecule has 2 aromatic carbocycles. The van der Waals surface area contributed by atoms with Gasteiger partial charge in [-0.3, -0.25) is 20.2 Å². The number of alkyl halides is 3. The van der Waals surface area contributed by atoms with E-state index in [0.717, 1.165) is 29.0 Å². The lowest BCUT2D eigenvalue weighted by atomic mass is 10.1. The van der Waals surface area contributed by atoms with Crippen LogP contribution in [0.4, 0.5) is 33.6 Å². The Morgan fingerprint density at radius 2 is 1.49 bits per heavy atom. The Morgan fingerprint density at radius 3 is 2.02 bits per heavy atom. The van der Waals surface area contributed by atoms with E-state index >= 15 is 0 Å². The van der Waals surface area contributed by atoms with Gasteiger partial charge in [-0.2, -0.15) is 13.2 Å². The average Bonchev–Trinajstić information content (AvgIpc) is 3.27. The summed E-state index contributed by atoms with van der Waals surface area (Å²) in [4.78, 5) is 50.8. The smallest absolute Gasteiger partial charge is 0.416 e. The highest BCUT2D eigenvalue weighted by Crippen LogP contribution is 2.29. The van der Waals surface area contributed by atoms with Crippen LogP contribution in [0.2, 0.25) is 0 Å². The number of aromatic nitrogens is 1. The van der Waals surface area contributed by atoms with Gasteiger partial charge in [-0.1, -0.05) is 35.6 Å². The van der Waals surface area contributed by atoms with Crippen molar-refractivity contribution in [1.82, 2.24) is 20.9 Å². The maximum Gasteiger partial charge on any atom is 0.416 e. The fourth-order valence-corrected chi connectivity index (χ4v) is 4.50. The summed E-state index contributed by atoms with van der Waals surface area (Å²) in [5.74, 6) is -0.880. The summed E-state index contributed by atoms with van der Waals surface area (Å²) < 4.78 is 38.4. The highest BCUT2D eigenvalue weighted by molar-refractivity contribution is 7.17. The molecule has 0 aliphatic heterocycles. The lowest BCUT2D eigenvalue weighted by Gasteiger charge is -2.19. The first-order chi connectivity index (χ1) is 19.3. The molecule has 1 heterocycles. The fraction of sp³-hybridized carbons (Fsp3) is 0.240. The Hall–Kier alpha value is -4.86. The number of anilines is 2. The van der Waals surface area contributed by atoms with Gasteiger partial charge >= 0.3 is 18.4 Å². The second-order valence-corrected chi connectivity index (χ2v) is 9.53. The zero-order chi connectivity index (χ0) is 30.2. The van der Waals surface area contributed by atoms with Crippen molar-refractivity contribution in [3.63, 3.8) is 0 Å². The number of rotatable bonds is 11. The quantitative estimate of drug-likeness (QED) is 0.162. The van der Waals surface area contributed by atoms with Gasteiger partial charge in [-0.25, -0.2) is 14.6 Å². The Balaban J connectivity index is 1.67. The number of nitrogens with one attached hydrogen (secondary N) is 5. The van der Waals surface area contributed by atoms with Gasteiger partial charge in [-0.15, -0.1) is 0 Å². The summed E-state index contributed by atoms with van der Waals surface area (Å²) >= 11 is 0.967. The maximum atomic E-state index is 12.9. The second kappa shape index (κ2) is 13.5. The zero-order valence-electron chi connectivity index (χ0n) is 21.3. The normalized spacial score (nSPS) is 11.0. The van der Waals surface area contributed by atoms with E-state index in [9.17, 15) is 32.3 Å². The van der Waals surface area contributed by atoms with Gasteiger partial charge in [0, 0.05) is 19.2 Å². The Labute approximate surface area is 235 Å². The molecule has 0 saturated heterocycles. The molecule has 0 saturated carbocycles. The lowest BCUT2D eigenvalue weighted by Crippen LogP contribution is -2.52. The Bertz CT molecular complexity index is 1380. The molecule has 218 valence electrons. The molecule has 0 unspecified atom stereocenters. The molecule has 7 N–H and O–H groups in total. The molecule has 0 radical (unpaired) electrons. The minimum absolute atomic E-state index is 0.0211. The van der Waals surface area contributed by atoms with Crippen molar-refractivity contribution in [3.8, 4) is 0 Å². The molecule has 0 atom stereocenters. The first-order valence-electron chi connectivity index (χ1n) is 11.9. The molecular weight excluding hydrogens is 569 g/mol. The van der Waals surface area contributed by atoms with E-state index in [-0.39, 0.29) is 22.5 Å². The van der Waals surface area contributed by atoms with Gasteiger partial charge in [0.25, 0.3) is 5.91 Å². The molecule has 4 amide bonds. The maximum absolute atomic E-state index is 12.9. The summed E-state index contributed by atoms with van der Waals surface area (Å²) in [5, 5.41) is 29.8. The number of nitrogens with zero attached hydrogens (tertiary/aromatic N) is 1. The van der Waals surface area contributed by atoms with Crippen molar-refractivity contribution in [2.75, 3.05) is 10.6 Å². The van der Waals surface area contributed by atoms with Crippen LogP contribution in [0.5, 0.6) is 0 Å². The van der Waals surface area contributed by atoms with Gasteiger partial charge in [0.15, 0.2) is 11.4 Å². The number of carbonyl (C=O) groups excluding carboxylic acids is 2. The van der Waals surface area contributed by atoms with Crippen LogP contribution in [-0.2, 0) is 30.4 Å². The molecule has 12 nitrogen and oxygen atoms in total. The van der Waals surface area contributed by atoms with Gasteiger partial charge in [0.2, 0.25) is 5.91 Å². The van der Waals surface area contributed by atoms with E-state index in [1.807, 2.05) is 10.6 Å². The van der Waals surface area contributed by atoms with E-state index < -0.39 is 36.1 Å². The van der Waals surface area contributed by atoms with E-state index in [2.05, 4.69) is 20.9 Å². The third-order valence-corrected chi connectivity index (χ3v) is 6.38. The van der Waals surface area contributed by atoms with Crippen LogP contribution in [0.15, 0.2) is 48.5 Å². The van der Waals surface area contributed by atoms with Crippen molar-refractivity contribution in [2.45, 2.75) is 38.8 Å². The molecule has 3 aromatic rings. The van der Waals surface area contributed by atoms with Crippen molar-refractivity contribution in [3.05, 3.63) is 75.8 Å². The number of thiazole rings is 1. The number of hydrogen-bond donors (Lipinski definition) is 7. The number of carbonyl (C=O) groups is 4. The minimum atomic E-state index is -4.46. The highest BCUT2D eigenvalue weighted by atomic mass is 32.1. The average molecular weight is 595 g/mol. The highest BCUT2D eigenvalue weighted by Gasteiger charge is 2.30. The molecule has 1 aromatic heterocycles. The molecule has 0 aliphatic carbocycles. The zero-order valence-corrected chi connectivity index (χ0v) is 22.2. The molecule has 0 bridgehead atoms. The summed E-state index contributed by atoms with van der Waals surface area (Å²) in [5.41, 5.74) is 1.31. The van der Waals surface area contributed by atoms with E-state index in [1.54, 1.807) is 24.3 Å². The molecule has 0 spiro atoms. The summed E-state index contributed by atoms with van der Waals surface area (Å²) in [6.45, 7) is 1.27. The molecule has 16 heteroatoms. The number of benzene rings is 2. The molecular formula is C25H25F3N6O6S. The first-order valence-corrected chi connectivity index (χ1v) is 12.7. The van der Waals surface area contributed by atoms with Crippen LogP contribution in [0.25, 0.3) is 0 Å². The molecule has 41 heavy (non-hydrogen) atoms. The summed E-state index contributed by atoms with van der Waals surface area (Å²) in [6.07, 6.45) is -7.90. The van der Waals surface area contributed by atoms with Crippen molar-refractivity contribution in [2.24, 2.45) is 0 Å². The van der Waals surface area contributed by atoms with Gasteiger partial charge < -0.3 is 26.2 Å². The second-order valence-electron chi connectivity index (χ2n) is 8.53. The fourth-order valence-electron chi connectivity index (χ4n) is 3.53. The van der Waals surface area contributed by atoms with Gasteiger partial charge in [0.05, 0.1) is 11.3 Å². The standard InChI is InChI=1S/C25H25F3N6O6S/c1-13(35)30-22-32-18(19(41-22)20(36)29-12-15-2-7-16(8-3-15)25(26,27)28)11-6-14-4-9-17(10-5-14)31-21(33-23(37)38)34-24(39)40/h2-5,7-10,21,31,33-34H,6,11-12H2,1H3,(H,29,36)(H,37,38)(H,39,40)(H,30,32,35). The van der Waals surface area contributed by atoms with Crippen LogP contribution >= 0.6 is 11.3 Å². The SMILES string of the molecule is CC(=O)Nc1nc(CCc2ccc(NC(NC(=O)O)NC(=O)O)cc2)c(C(=O)NCc2ccc(C(F)(F)F)cc2)s1. The number of hydrogen-bond acceptors (Lipinski definition) is 7. The predicted octanol–water partition coefficient (Wildman–Crippen LogP) is 4.07. The Kier molecular flexibility index (Phi) is 10.1. The van der Waals surface area contributed by atoms with Crippen LogP contribution < -0.4 is 26.6 Å². The van der Waals surface area contributed by atoms with Crippen LogP contribution in [0, 0.1) is 0 Å². The third-order valence-electron chi connectivity index (χ3n) is 5.37. The summed E-state index contributed by atoms with van der Waals surface area (Å²) in [6, 6.07) is 11.1. The molecule has 0 fully saturated rings. The van der Waals surface area contributed by atoms with Crippen molar-refractivity contribution >= 4 is 46.2 Å². The predicted molar refractivity (Wildman–Crippen MR) is 143 cm³/mol. The van der Waals surface area contributed by atoms with Crippen LogP contribution in [0.3, 0.4) is 0 Å². The number of carboxylic acid groups (broad SMARTS) is 2.